The summed E-state index contributed by atoms with van der Waals surface area (Å²) in [6, 6.07) is 0. The minimum atomic E-state index is 0.495. The van der Waals surface area contributed by atoms with E-state index >= 15 is 0 Å². The van der Waals surface area contributed by atoms with Crippen molar-refractivity contribution >= 4 is 0 Å². The molecule has 0 radical (unpaired) electrons. The van der Waals surface area contributed by atoms with Gasteiger partial charge in [-0.05, 0) is 11.5 Å². The first-order valence-corrected chi connectivity index (χ1v) is 4.52. The molecule has 0 aliphatic heterocycles. The first-order chi connectivity index (χ1) is 5.46. The summed E-state index contributed by atoms with van der Waals surface area (Å²) in [5.74, 6) is 0.495. The van der Waals surface area contributed by atoms with E-state index in [1.165, 1.54) is 0 Å². The second-order valence-corrected chi connectivity index (χ2v) is 3.02. The maximum absolute atomic E-state index is 3.93. The van der Waals surface area contributed by atoms with Crippen molar-refractivity contribution in [3.63, 3.8) is 0 Å². The fourth-order valence-electron chi connectivity index (χ4n) is 0.620. The van der Waals surface area contributed by atoms with Crippen LogP contribution in [0.2, 0.25) is 0 Å². The second kappa shape index (κ2) is 6.96. The summed E-state index contributed by atoms with van der Waals surface area (Å²) < 4.78 is 0. The molecule has 0 amide bonds. The zero-order valence-corrected chi connectivity index (χ0v) is 9.44. The lowest BCUT2D eigenvalue weighted by Crippen LogP contribution is -2.13. The fourth-order valence-corrected chi connectivity index (χ4v) is 0.620. The Morgan fingerprint density at radius 3 is 1.50 bits per heavy atom. The molecular weight excluding hydrogens is 146 g/mol. The number of hydrogen-bond acceptors (Lipinski definition) is 1. The number of hydrogen-bond donors (Lipinski definition) is 0. The van der Waals surface area contributed by atoms with E-state index in [1.54, 1.807) is 0 Å². The normalized spacial score (nSPS) is 8.58. The van der Waals surface area contributed by atoms with Gasteiger partial charge in [0.2, 0.25) is 0 Å². The van der Waals surface area contributed by atoms with Gasteiger partial charge in [-0.2, -0.15) is 0 Å². The maximum atomic E-state index is 3.93. The highest BCUT2D eigenvalue weighted by Crippen LogP contribution is 2.16. The van der Waals surface area contributed by atoms with Gasteiger partial charge in [-0.1, -0.05) is 40.9 Å². The highest BCUT2D eigenvalue weighted by Gasteiger charge is 2.04. The smallest absolute Gasteiger partial charge is 0.0317 e. The first-order valence-electron chi connectivity index (χ1n) is 4.52. The molecule has 1 nitrogen and oxygen atoms in total. The van der Waals surface area contributed by atoms with Gasteiger partial charge in [0.05, 0.1) is 0 Å². The predicted octanol–water partition coefficient (Wildman–Crippen LogP) is 3.30. The summed E-state index contributed by atoms with van der Waals surface area (Å²) in [4.78, 5) is 1.99. The lowest BCUT2D eigenvalue weighted by Gasteiger charge is -2.19. The second-order valence-electron chi connectivity index (χ2n) is 3.02. The molecule has 0 fully saturated rings. The maximum Gasteiger partial charge on any atom is 0.0317 e. The molecule has 0 heterocycles. The lowest BCUT2D eigenvalue weighted by atomic mass is 10.0. The topological polar surface area (TPSA) is 3.24 Å². The Hall–Kier alpha value is -0.720. The van der Waals surface area contributed by atoms with Crippen LogP contribution in [0.3, 0.4) is 0 Å². The van der Waals surface area contributed by atoms with Crippen molar-refractivity contribution in [3.05, 3.63) is 24.4 Å². The quantitative estimate of drug-likeness (QED) is 0.586. The molecule has 0 aromatic carbocycles. The van der Waals surface area contributed by atoms with Gasteiger partial charge in [-0.3, -0.25) is 0 Å². The van der Waals surface area contributed by atoms with Gasteiger partial charge in [-0.15, -0.1) is 0 Å². The van der Waals surface area contributed by atoms with Gasteiger partial charge in [0.1, 0.15) is 0 Å². The highest BCUT2D eigenvalue weighted by atomic mass is 15.1. The third-order valence-corrected chi connectivity index (χ3v) is 1.61. The van der Waals surface area contributed by atoms with Crippen molar-refractivity contribution in [3.8, 4) is 0 Å². The summed E-state index contributed by atoms with van der Waals surface area (Å²) in [7, 11) is 3.96. The van der Waals surface area contributed by atoms with Gasteiger partial charge < -0.3 is 4.90 Å². The van der Waals surface area contributed by atoms with Crippen molar-refractivity contribution in [1.29, 1.82) is 0 Å². The van der Waals surface area contributed by atoms with E-state index in [0.717, 1.165) is 11.3 Å². The molecule has 0 unspecified atom stereocenters. The summed E-state index contributed by atoms with van der Waals surface area (Å²) in [5.41, 5.74) is 2.14. The van der Waals surface area contributed by atoms with Gasteiger partial charge in [-0.25, -0.2) is 0 Å². The van der Waals surface area contributed by atoms with Gasteiger partial charge >= 0.3 is 0 Å². The molecule has 0 aliphatic rings. The van der Waals surface area contributed by atoms with Crippen LogP contribution in [0.25, 0.3) is 0 Å². The molecule has 0 rings (SSSR count). The average molecular weight is 169 g/mol. The molecule has 0 aromatic rings. The molecule has 72 valence electrons. The van der Waals surface area contributed by atoms with E-state index in [1.807, 2.05) is 32.8 Å². The van der Waals surface area contributed by atoms with E-state index in [4.69, 9.17) is 0 Å². The summed E-state index contributed by atoms with van der Waals surface area (Å²) in [6.07, 6.45) is 0. The molecule has 1 heteroatoms. The molecule has 0 aromatic heterocycles. The van der Waals surface area contributed by atoms with Crippen LogP contribution < -0.4 is 0 Å². The number of likely N-dealkylation sites (N-methyl/N-ethyl adjacent to an activating group) is 1. The molecule has 0 N–H and O–H groups in total. The van der Waals surface area contributed by atoms with Crippen molar-refractivity contribution in [2.24, 2.45) is 5.92 Å². The van der Waals surface area contributed by atoms with Crippen LogP contribution in [-0.4, -0.2) is 19.0 Å². The monoisotopic (exact) mass is 169 g/mol. The average Bonchev–Trinajstić information content (AvgIpc) is 2.05. The minimum absolute atomic E-state index is 0.495. The van der Waals surface area contributed by atoms with Crippen molar-refractivity contribution in [1.82, 2.24) is 4.90 Å². The largest absolute Gasteiger partial charge is 0.378 e. The molecule has 12 heavy (non-hydrogen) atoms. The standard InChI is InChI=1S/C9H17N.C2H6/c1-7(2)8(3)9(4)10(5)6;1-2/h7H,3-4H2,1-2,5-6H3;1-2H3. The summed E-state index contributed by atoms with van der Waals surface area (Å²) >= 11 is 0. The van der Waals surface area contributed by atoms with E-state index in [0.29, 0.717) is 5.92 Å². The van der Waals surface area contributed by atoms with Gasteiger partial charge in [0, 0.05) is 19.8 Å². The van der Waals surface area contributed by atoms with Crippen molar-refractivity contribution in [2.75, 3.05) is 14.1 Å². The summed E-state index contributed by atoms with van der Waals surface area (Å²) in [6.45, 7) is 16.1. The van der Waals surface area contributed by atoms with Crippen molar-refractivity contribution < 1.29 is 0 Å². The van der Waals surface area contributed by atoms with Gasteiger partial charge in [0.25, 0.3) is 0 Å². The molecule has 0 spiro atoms. The number of nitrogens with zero attached hydrogens (tertiary/aromatic N) is 1. The summed E-state index contributed by atoms with van der Waals surface area (Å²) in [5, 5.41) is 0. The van der Waals surface area contributed by atoms with E-state index < -0.39 is 0 Å². The number of allylic oxidation sites excluding steroid dienone is 1. The Balaban J connectivity index is 0. The van der Waals surface area contributed by atoms with E-state index in [2.05, 4.69) is 27.0 Å². The molecular formula is C11H23N. The third kappa shape index (κ3) is 5.00. The Labute approximate surface area is 77.8 Å². The molecule has 0 bridgehead atoms. The van der Waals surface area contributed by atoms with E-state index in [9.17, 15) is 0 Å². The lowest BCUT2D eigenvalue weighted by molar-refractivity contribution is 0.508. The Kier molecular flexibility index (Phi) is 8.03. The minimum Gasteiger partial charge on any atom is -0.378 e. The van der Waals surface area contributed by atoms with Crippen LogP contribution >= 0.6 is 0 Å². The first kappa shape index (κ1) is 13.8. The zero-order valence-electron chi connectivity index (χ0n) is 9.44. The zero-order chi connectivity index (χ0) is 10.3. The molecule has 0 saturated heterocycles. The van der Waals surface area contributed by atoms with Crippen LogP contribution in [0, 0.1) is 5.92 Å². The van der Waals surface area contributed by atoms with Crippen LogP contribution in [0.1, 0.15) is 27.7 Å². The molecule has 0 atom stereocenters. The van der Waals surface area contributed by atoms with Crippen LogP contribution in [0.4, 0.5) is 0 Å². The SMILES string of the molecule is C=C(C(=C)N(C)C)C(C)C.CC. The molecule has 0 aliphatic carbocycles. The van der Waals surface area contributed by atoms with Gasteiger partial charge in [0.15, 0.2) is 0 Å². The van der Waals surface area contributed by atoms with Crippen molar-refractivity contribution in [2.45, 2.75) is 27.7 Å². The third-order valence-electron chi connectivity index (χ3n) is 1.61. The predicted molar refractivity (Wildman–Crippen MR) is 58.2 cm³/mol. The van der Waals surface area contributed by atoms with Crippen LogP contribution in [0.15, 0.2) is 24.4 Å². The molecule has 0 saturated carbocycles. The Morgan fingerprint density at radius 1 is 1.08 bits per heavy atom. The fraction of sp³-hybridized carbons (Fsp3) is 0.636. The van der Waals surface area contributed by atoms with Crippen LogP contribution in [-0.2, 0) is 0 Å². The van der Waals surface area contributed by atoms with Crippen LogP contribution in [0.5, 0.6) is 0 Å². The Bertz CT molecular complexity index is 125. The van der Waals surface area contributed by atoms with E-state index in [-0.39, 0.29) is 0 Å². The Morgan fingerprint density at radius 2 is 1.42 bits per heavy atom. The highest BCUT2D eigenvalue weighted by molar-refractivity contribution is 5.24. The number of rotatable bonds is 3.